The summed E-state index contributed by atoms with van der Waals surface area (Å²) in [5, 5.41) is 1.22. The number of nitrogens with zero attached hydrogens (tertiary/aromatic N) is 5. The molecule has 31 heavy (non-hydrogen) atoms. The zero-order valence-corrected chi connectivity index (χ0v) is 19.8. The fourth-order valence-electron chi connectivity index (χ4n) is 4.40. The lowest BCUT2D eigenvalue weighted by molar-refractivity contribution is -0.115. The predicted molar refractivity (Wildman–Crippen MR) is 130 cm³/mol. The second-order valence-corrected chi connectivity index (χ2v) is 10.1. The van der Waals surface area contributed by atoms with Gasteiger partial charge in [0.1, 0.15) is 5.65 Å². The number of hydrogen-bond donors (Lipinski definition) is 0. The predicted octanol–water partition coefficient (Wildman–Crippen LogP) is 4.51. The summed E-state index contributed by atoms with van der Waals surface area (Å²) in [5.41, 5.74) is 4.16. The van der Waals surface area contributed by atoms with Gasteiger partial charge in [-0.1, -0.05) is 14.7 Å². The third kappa shape index (κ3) is 4.81. The smallest absolute Gasteiger partial charge is 0.214 e. The largest absolute Gasteiger partial charge is 0.307 e. The van der Waals surface area contributed by atoms with Crippen molar-refractivity contribution in [2.24, 2.45) is 10.9 Å². The summed E-state index contributed by atoms with van der Waals surface area (Å²) < 4.78 is 2.06. The highest BCUT2D eigenvalue weighted by molar-refractivity contribution is 7.52. The molecular weight excluding hydrogens is 405 g/mol. The topological polar surface area (TPSA) is 53.2 Å². The number of piperidine rings is 1. The molecule has 2 aromatic rings. The van der Waals surface area contributed by atoms with E-state index < -0.39 is 0 Å². The fraction of sp³-hybridized carbons (Fsp3) is 0.458. The molecule has 1 saturated heterocycles. The Balaban J connectivity index is 1.46. The van der Waals surface area contributed by atoms with Gasteiger partial charge in [-0.15, -0.1) is 0 Å². The molecule has 1 fully saturated rings. The van der Waals surface area contributed by atoms with Crippen molar-refractivity contribution < 1.29 is 4.79 Å². The Morgan fingerprint density at radius 2 is 2.00 bits per heavy atom. The number of rotatable bonds is 6. The van der Waals surface area contributed by atoms with Crippen LogP contribution in [0.4, 0.5) is 0 Å². The quantitative estimate of drug-likeness (QED) is 0.494. The molecule has 0 saturated carbocycles. The van der Waals surface area contributed by atoms with Gasteiger partial charge in [0, 0.05) is 36.8 Å². The molecule has 2 aliphatic rings. The lowest BCUT2D eigenvalue weighted by atomic mass is 9.93. The Labute approximate surface area is 186 Å². The molecule has 0 aromatic carbocycles. The van der Waals surface area contributed by atoms with Crippen molar-refractivity contribution in [2.75, 3.05) is 13.1 Å². The van der Waals surface area contributed by atoms with Gasteiger partial charge in [0.25, 0.3) is 0 Å². The van der Waals surface area contributed by atoms with E-state index in [1.54, 1.807) is 4.90 Å². The van der Waals surface area contributed by atoms with E-state index >= 15 is 0 Å². The second kappa shape index (κ2) is 9.46. The van der Waals surface area contributed by atoms with E-state index in [0.29, 0.717) is 20.5 Å². The van der Waals surface area contributed by atoms with Crippen LogP contribution in [0.3, 0.4) is 0 Å². The van der Waals surface area contributed by atoms with Gasteiger partial charge < -0.3 is 14.2 Å². The van der Waals surface area contributed by atoms with E-state index in [9.17, 15) is 4.79 Å². The monoisotopic (exact) mass is 437 g/mol. The molecule has 1 amide bonds. The zero-order chi connectivity index (χ0) is 22.0. The summed E-state index contributed by atoms with van der Waals surface area (Å²) in [6.07, 6.45) is 13.4. The van der Waals surface area contributed by atoms with E-state index in [1.165, 1.54) is 5.31 Å². The Morgan fingerprint density at radius 3 is 2.68 bits per heavy atom. The van der Waals surface area contributed by atoms with Crippen LogP contribution in [0.5, 0.6) is 0 Å². The number of imidazole rings is 1. The Bertz CT molecular complexity index is 1030. The maximum atomic E-state index is 11.9. The molecule has 6 nitrogen and oxygen atoms in total. The van der Waals surface area contributed by atoms with E-state index in [1.807, 2.05) is 31.6 Å². The molecule has 0 bridgehead atoms. The van der Waals surface area contributed by atoms with Gasteiger partial charge in [-0.25, -0.2) is 4.98 Å². The molecule has 0 radical (unpaired) electrons. The Hall–Kier alpha value is -2.30. The number of aryl methyl sites for hydroxylation is 1. The SMILES string of the molecule is C/C=C(\PC1C=NC(C2CCN(C(C)C)CC2)=CN1C=O)c1ccc2nc(C)cn2c1. The highest BCUT2D eigenvalue weighted by Crippen LogP contribution is 2.40. The zero-order valence-electron chi connectivity index (χ0n) is 18.8. The molecule has 2 aliphatic heterocycles. The number of pyridine rings is 1. The normalized spacial score (nSPS) is 21.6. The van der Waals surface area contributed by atoms with E-state index in [0.717, 1.165) is 54.9 Å². The first-order chi connectivity index (χ1) is 15.0. The van der Waals surface area contributed by atoms with Gasteiger partial charge in [-0.05, 0) is 76.6 Å². The Morgan fingerprint density at radius 1 is 1.23 bits per heavy atom. The van der Waals surface area contributed by atoms with Gasteiger partial charge in [0.15, 0.2) is 0 Å². The molecule has 0 aliphatic carbocycles. The summed E-state index contributed by atoms with van der Waals surface area (Å²) in [4.78, 5) is 25.6. The van der Waals surface area contributed by atoms with Crippen LogP contribution in [0.15, 0.2) is 47.5 Å². The molecule has 2 atom stereocenters. The number of fused-ring (bicyclic) bond motifs is 1. The highest BCUT2D eigenvalue weighted by atomic mass is 31.1. The first-order valence-corrected chi connectivity index (χ1v) is 12.2. The van der Waals surface area contributed by atoms with Crippen LogP contribution in [-0.2, 0) is 4.79 Å². The molecule has 0 N–H and O–H groups in total. The van der Waals surface area contributed by atoms with Gasteiger partial charge >= 0.3 is 0 Å². The Kier molecular flexibility index (Phi) is 6.68. The van der Waals surface area contributed by atoms with Crippen molar-refractivity contribution in [1.82, 2.24) is 19.2 Å². The van der Waals surface area contributed by atoms with Crippen LogP contribution < -0.4 is 0 Å². The van der Waals surface area contributed by atoms with Crippen LogP contribution in [0.2, 0.25) is 0 Å². The van der Waals surface area contributed by atoms with Gasteiger partial charge in [-0.3, -0.25) is 9.79 Å². The first kappa shape index (κ1) is 21.9. The number of aromatic nitrogens is 2. The highest BCUT2D eigenvalue weighted by Gasteiger charge is 2.27. The summed E-state index contributed by atoms with van der Waals surface area (Å²) in [5.74, 6) is 0.398. The molecule has 4 rings (SSSR count). The number of allylic oxidation sites excluding steroid dienone is 2. The fourth-order valence-corrected chi connectivity index (χ4v) is 5.63. The van der Waals surface area contributed by atoms with Crippen molar-refractivity contribution in [3.8, 4) is 0 Å². The number of hydrogen-bond acceptors (Lipinski definition) is 4. The van der Waals surface area contributed by atoms with Crippen LogP contribution in [0.1, 0.15) is 44.9 Å². The molecule has 2 aromatic heterocycles. The van der Waals surface area contributed by atoms with Gasteiger partial charge in [0.05, 0.1) is 17.2 Å². The maximum Gasteiger partial charge on any atom is 0.214 e. The summed E-state index contributed by atoms with van der Waals surface area (Å²) >= 11 is 0. The van der Waals surface area contributed by atoms with E-state index in [-0.39, 0.29) is 5.78 Å². The van der Waals surface area contributed by atoms with Crippen LogP contribution in [0.25, 0.3) is 11.0 Å². The molecule has 4 heterocycles. The van der Waals surface area contributed by atoms with Crippen molar-refractivity contribution in [3.63, 3.8) is 0 Å². The first-order valence-electron chi connectivity index (χ1n) is 11.1. The molecule has 2 unspecified atom stereocenters. The minimum Gasteiger partial charge on any atom is -0.307 e. The molecular formula is C24H32N5OP. The van der Waals surface area contributed by atoms with Gasteiger partial charge in [-0.2, -0.15) is 0 Å². The van der Waals surface area contributed by atoms with Crippen LogP contribution in [0, 0.1) is 12.8 Å². The number of aliphatic imine (C=N–C) groups is 1. The van der Waals surface area contributed by atoms with Crippen molar-refractivity contribution in [2.45, 2.75) is 52.4 Å². The minimum atomic E-state index is -0.0385. The van der Waals surface area contributed by atoms with Gasteiger partial charge in [0.2, 0.25) is 6.41 Å². The van der Waals surface area contributed by atoms with Crippen molar-refractivity contribution in [3.05, 3.63) is 53.8 Å². The van der Waals surface area contributed by atoms with E-state index in [2.05, 4.69) is 53.4 Å². The number of carbonyl (C=O) groups excluding carboxylic acids is 1. The number of likely N-dealkylation sites (tertiary alicyclic amines) is 1. The van der Waals surface area contributed by atoms with E-state index in [4.69, 9.17) is 4.99 Å². The maximum absolute atomic E-state index is 11.9. The summed E-state index contributed by atoms with van der Waals surface area (Å²) in [7, 11) is 0.426. The van der Waals surface area contributed by atoms with Crippen molar-refractivity contribution >= 4 is 32.2 Å². The lowest BCUT2D eigenvalue weighted by Crippen LogP contribution is -2.39. The molecule has 0 spiro atoms. The summed E-state index contributed by atoms with van der Waals surface area (Å²) in [6.45, 7) is 10.8. The second-order valence-electron chi connectivity index (χ2n) is 8.65. The number of carbonyl (C=O) groups is 1. The average Bonchev–Trinajstić information content (AvgIpc) is 3.16. The minimum absolute atomic E-state index is 0.0385. The van der Waals surface area contributed by atoms with Crippen LogP contribution >= 0.6 is 8.58 Å². The molecule has 7 heteroatoms. The third-order valence-corrected chi connectivity index (χ3v) is 7.87. The standard InChI is InChI=1S/C24H32N5OP/c1-5-22(20-6-7-23-26-18(4)13-28(23)14-20)31-24-12-25-21(15-29(24)16-30)19-8-10-27(11-9-19)17(2)3/h5-7,12-17,19,24,31H,8-11H2,1-4H3/b22-5-. The van der Waals surface area contributed by atoms with Crippen molar-refractivity contribution in [1.29, 1.82) is 0 Å². The summed E-state index contributed by atoms with van der Waals surface area (Å²) in [6, 6.07) is 4.75. The van der Waals surface area contributed by atoms with Crippen LogP contribution in [-0.4, -0.2) is 56.7 Å². The lowest BCUT2D eigenvalue weighted by Gasteiger charge is -2.36. The third-order valence-electron chi connectivity index (χ3n) is 6.24. The molecule has 164 valence electrons. The average molecular weight is 438 g/mol. The number of amides is 1.